The molecule has 0 heterocycles. The van der Waals surface area contributed by atoms with E-state index in [9.17, 15) is 31.9 Å². The Morgan fingerprint density at radius 2 is 1.53 bits per heavy atom. The summed E-state index contributed by atoms with van der Waals surface area (Å²) in [5.41, 5.74) is 5.38. The lowest BCUT2D eigenvalue weighted by atomic mass is 10.0. The van der Waals surface area contributed by atoms with Crippen LogP contribution in [-0.4, -0.2) is 42.1 Å². The predicted molar refractivity (Wildman–Crippen MR) is 115 cm³/mol. The Kier molecular flexibility index (Phi) is 8.33. The summed E-state index contributed by atoms with van der Waals surface area (Å²) in [6, 6.07) is 10.5. The van der Waals surface area contributed by atoms with E-state index < -0.39 is 42.1 Å². The predicted octanol–water partition coefficient (Wildman–Crippen LogP) is 2.99. The minimum Gasteiger partial charge on any atom is -0.466 e. The molecule has 0 saturated carbocycles. The van der Waals surface area contributed by atoms with Crippen LogP contribution in [0.3, 0.4) is 0 Å². The Labute approximate surface area is 192 Å². The van der Waals surface area contributed by atoms with Crippen molar-refractivity contribution < 1.29 is 36.7 Å². The Balaban J connectivity index is 2.21. The number of hydrogen-bond acceptors (Lipinski definition) is 5. The van der Waals surface area contributed by atoms with Gasteiger partial charge in [-0.2, -0.15) is 17.6 Å². The van der Waals surface area contributed by atoms with E-state index in [1.54, 1.807) is 16.7 Å². The number of carbonyl (C=O) groups is 3. The van der Waals surface area contributed by atoms with Crippen LogP contribution < -0.4 is 16.4 Å². The standard InChI is InChI=1S/C22H22F4N4O4/c1-2-34-17(31)12-16(13-6-4-3-5-7-13)30-20(33)22(25,26)21(23,24)19(32)29-15-10-8-14(9-11-15)18(27)28/h3-11,16H,2,12H2,1H3,(H3,27,28)(H,29,32)(H,30,33). The number of benzene rings is 2. The second-order valence-corrected chi connectivity index (χ2v) is 7.04. The number of nitrogen functional groups attached to an aromatic ring is 1. The summed E-state index contributed by atoms with van der Waals surface area (Å²) in [6.07, 6.45) is -0.597. The van der Waals surface area contributed by atoms with Crippen molar-refractivity contribution in [3.05, 3.63) is 65.7 Å². The Hall–Kier alpha value is -3.96. The average Bonchev–Trinajstić information content (AvgIpc) is 2.79. The fraction of sp³-hybridized carbons (Fsp3) is 0.273. The molecule has 34 heavy (non-hydrogen) atoms. The molecule has 0 radical (unpaired) electrons. The maximum Gasteiger partial charge on any atom is 0.395 e. The minimum absolute atomic E-state index is 0.0178. The van der Waals surface area contributed by atoms with Crippen LogP contribution in [-0.2, 0) is 19.1 Å². The first-order valence-electron chi connectivity index (χ1n) is 9.93. The maximum absolute atomic E-state index is 14.5. The van der Waals surface area contributed by atoms with Gasteiger partial charge in [-0.05, 0) is 36.8 Å². The first-order valence-corrected chi connectivity index (χ1v) is 9.93. The number of halogens is 4. The quantitative estimate of drug-likeness (QED) is 0.179. The fourth-order valence-corrected chi connectivity index (χ4v) is 2.80. The Bertz CT molecular complexity index is 1050. The molecule has 1 atom stereocenters. The topological polar surface area (TPSA) is 134 Å². The minimum atomic E-state index is -5.46. The van der Waals surface area contributed by atoms with Crippen molar-refractivity contribution >= 4 is 29.3 Å². The van der Waals surface area contributed by atoms with Crippen molar-refractivity contribution in [2.75, 3.05) is 11.9 Å². The lowest BCUT2D eigenvalue weighted by Gasteiger charge is -2.27. The maximum atomic E-state index is 14.5. The smallest absolute Gasteiger partial charge is 0.395 e. The number of ether oxygens (including phenoxy) is 1. The van der Waals surface area contributed by atoms with Crippen LogP contribution in [0, 0.1) is 5.41 Å². The molecule has 12 heteroatoms. The van der Waals surface area contributed by atoms with Gasteiger partial charge in [0, 0.05) is 11.3 Å². The van der Waals surface area contributed by atoms with Gasteiger partial charge < -0.3 is 21.1 Å². The molecule has 0 fully saturated rings. The SMILES string of the molecule is CCOC(=O)CC(NC(=O)C(F)(F)C(F)(F)C(=O)Nc1ccc(C(=N)N)cc1)c1ccccc1. The summed E-state index contributed by atoms with van der Waals surface area (Å²) in [4.78, 5) is 36.0. The van der Waals surface area contributed by atoms with Crippen molar-refractivity contribution in [3.63, 3.8) is 0 Å². The van der Waals surface area contributed by atoms with Crippen LogP contribution in [0.5, 0.6) is 0 Å². The number of nitrogens with one attached hydrogen (secondary N) is 3. The van der Waals surface area contributed by atoms with Crippen LogP contribution in [0.15, 0.2) is 54.6 Å². The molecule has 0 aliphatic rings. The lowest BCUT2D eigenvalue weighted by molar-refractivity contribution is -0.208. The van der Waals surface area contributed by atoms with Gasteiger partial charge in [0.2, 0.25) is 0 Å². The molecule has 8 nitrogen and oxygen atoms in total. The molecule has 0 aliphatic carbocycles. The van der Waals surface area contributed by atoms with Gasteiger partial charge in [-0.25, -0.2) is 0 Å². The average molecular weight is 482 g/mol. The molecule has 2 rings (SSSR count). The van der Waals surface area contributed by atoms with E-state index in [1.165, 1.54) is 43.3 Å². The zero-order valence-corrected chi connectivity index (χ0v) is 17.9. The van der Waals surface area contributed by atoms with Crippen molar-refractivity contribution in [1.29, 1.82) is 5.41 Å². The molecule has 2 aromatic rings. The zero-order valence-electron chi connectivity index (χ0n) is 17.9. The monoisotopic (exact) mass is 482 g/mol. The molecule has 1 unspecified atom stereocenters. The van der Waals surface area contributed by atoms with Crippen molar-refractivity contribution in [2.45, 2.75) is 31.2 Å². The molecular weight excluding hydrogens is 460 g/mol. The van der Waals surface area contributed by atoms with E-state index in [2.05, 4.69) is 0 Å². The third-order valence-electron chi connectivity index (χ3n) is 4.60. The van der Waals surface area contributed by atoms with Gasteiger partial charge in [0.25, 0.3) is 5.91 Å². The van der Waals surface area contributed by atoms with E-state index in [1.807, 2.05) is 0 Å². The molecule has 0 spiro atoms. The highest BCUT2D eigenvalue weighted by atomic mass is 19.3. The van der Waals surface area contributed by atoms with Crippen molar-refractivity contribution in [3.8, 4) is 0 Å². The van der Waals surface area contributed by atoms with Crippen LogP contribution in [0.4, 0.5) is 23.2 Å². The highest BCUT2D eigenvalue weighted by Gasteiger charge is 2.67. The molecule has 0 saturated heterocycles. The van der Waals surface area contributed by atoms with Gasteiger partial charge in [0.15, 0.2) is 0 Å². The molecule has 2 amide bonds. The van der Waals surface area contributed by atoms with Crippen LogP contribution in [0.1, 0.15) is 30.5 Å². The number of hydrogen-bond donors (Lipinski definition) is 4. The van der Waals surface area contributed by atoms with E-state index in [4.69, 9.17) is 15.9 Å². The third-order valence-corrected chi connectivity index (χ3v) is 4.60. The number of anilines is 1. The zero-order chi connectivity index (χ0) is 25.5. The van der Waals surface area contributed by atoms with E-state index in [0.717, 1.165) is 12.1 Å². The van der Waals surface area contributed by atoms with Gasteiger partial charge in [-0.3, -0.25) is 19.8 Å². The molecule has 182 valence electrons. The molecule has 5 N–H and O–H groups in total. The second kappa shape index (κ2) is 10.8. The summed E-state index contributed by atoms with van der Waals surface area (Å²) < 4.78 is 62.5. The fourth-order valence-electron chi connectivity index (χ4n) is 2.80. The van der Waals surface area contributed by atoms with Gasteiger partial charge >= 0.3 is 23.7 Å². The normalized spacial score (nSPS) is 12.4. The molecular formula is C22H22F4N4O4. The first kappa shape index (κ1) is 26.3. The molecule has 0 bridgehead atoms. The van der Waals surface area contributed by atoms with E-state index in [0.29, 0.717) is 0 Å². The van der Waals surface area contributed by atoms with Gasteiger partial charge in [0.05, 0.1) is 19.1 Å². The highest BCUT2D eigenvalue weighted by Crippen LogP contribution is 2.36. The van der Waals surface area contributed by atoms with E-state index >= 15 is 0 Å². The number of carbonyl (C=O) groups excluding carboxylic acids is 3. The van der Waals surface area contributed by atoms with Gasteiger partial charge in [-0.1, -0.05) is 30.3 Å². The number of nitrogens with two attached hydrogens (primary N) is 1. The highest BCUT2D eigenvalue weighted by molar-refractivity contribution is 6.02. The number of amidine groups is 1. The Morgan fingerprint density at radius 3 is 2.06 bits per heavy atom. The lowest BCUT2D eigenvalue weighted by Crippen LogP contribution is -2.58. The summed E-state index contributed by atoms with van der Waals surface area (Å²) in [6.45, 7) is 1.49. The summed E-state index contributed by atoms with van der Waals surface area (Å²) >= 11 is 0. The largest absolute Gasteiger partial charge is 0.466 e. The number of rotatable bonds is 10. The molecule has 0 aromatic heterocycles. The molecule has 0 aliphatic heterocycles. The first-order chi connectivity index (χ1) is 15.9. The van der Waals surface area contributed by atoms with Crippen LogP contribution >= 0.6 is 0 Å². The Morgan fingerprint density at radius 1 is 0.971 bits per heavy atom. The van der Waals surface area contributed by atoms with E-state index in [-0.39, 0.29) is 29.3 Å². The van der Waals surface area contributed by atoms with Gasteiger partial charge in [0.1, 0.15) is 5.84 Å². The van der Waals surface area contributed by atoms with Crippen LogP contribution in [0.2, 0.25) is 0 Å². The summed E-state index contributed by atoms with van der Waals surface area (Å²) in [5.74, 6) is -17.0. The van der Waals surface area contributed by atoms with Gasteiger partial charge in [-0.15, -0.1) is 0 Å². The van der Waals surface area contributed by atoms with Crippen molar-refractivity contribution in [2.24, 2.45) is 5.73 Å². The summed E-state index contributed by atoms with van der Waals surface area (Å²) in [7, 11) is 0. The number of esters is 1. The number of alkyl halides is 4. The second-order valence-electron chi connectivity index (χ2n) is 7.04. The third kappa shape index (κ3) is 6.09. The molecule has 2 aromatic carbocycles. The van der Waals surface area contributed by atoms with Crippen LogP contribution in [0.25, 0.3) is 0 Å². The van der Waals surface area contributed by atoms with Crippen molar-refractivity contribution in [1.82, 2.24) is 5.32 Å². The number of amides is 2. The summed E-state index contributed by atoms with van der Waals surface area (Å²) in [5, 5.41) is 10.6.